The fraction of sp³-hybridized carbons (Fsp3) is 1.00. The predicted molar refractivity (Wildman–Crippen MR) is 181 cm³/mol. The summed E-state index contributed by atoms with van der Waals surface area (Å²) in [6.45, 7) is 15.9. The molecule has 0 bridgehead atoms. The van der Waals surface area contributed by atoms with E-state index in [1.165, 1.54) is 173 Å². The molecule has 0 aliphatic carbocycles. The van der Waals surface area contributed by atoms with Crippen molar-refractivity contribution >= 4 is 0 Å². The lowest BCUT2D eigenvalue weighted by molar-refractivity contribution is 0.392. The molecule has 1 atom stereocenters. The van der Waals surface area contributed by atoms with Gasteiger partial charge in [0.15, 0.2) is 0 Å². The molecular weight excluding hydrogens is 458 g/mol. The van der Waals surface area contributed by atoms with Gasteiger partial charge in [-0.25, -0.2) is 0 Å². The van der Waals surface area contributed by atoms with Crippen LogP contribution in [0.25, 0.3) is 0 Å². The normalized spacial score (nSPS) is 11.6. The number of rotatable bonds is 27. The monoisotopic (exact) mass is 540 g/mol. The van der Waals surface area contributed by atoms with E-state index in [-0.39, 0.29) is 0 Å². The van der Waals surface area contributed by atoms with E-state index >= 15 is 0 Å². The Kier molecular flexibility index (Phi) is 46.3. The summed E-state index contributed by atoms with van der Waals surface area (Å²) in [4.78, 5) is 0. The molecule has 0 aromatic heterocycles. The Morgan fingerprint density at radius 1 is 0.342 bits per heavy atom. The van der Waals surface area contributed by atoms with Gasteiger partial charge in [0.05, 0.1) is 0 Å². The summed E-state index contributed by atoms with van der Waals surface area (Å²) in [6.07, 6.45) is 38.8. The van der Waals surface area contributed by atoms with E-state index < -0.39 is 0 Å². The molecule has 0 radical (unpaired) electrons. The molecule has 0 saturated heterocycles. The lowest BCUT2D eigenvalue weighted by Gasteiger charge is -2.19. The summed E-state index contributed by atoms with van der Waals surface area (Å²) >= 11 is 0. The van der Waals surface area contributed by atoms with Crippen molar-refractivity contribution in [3.8, 4) is 0 Å². The number of nitrogens with one attached hydrogen (secondary N) is 1. The third-order valence-electron chi connectivity index (χ3n) is 7.96. The minimum absolute atomic E-state index is 0.722. The lowest BCUT2D eigenvalue weighted by Crippen LogP contribution is -2.30. The van der Waals surface area contributed by atoms with Crippen molar-refractivity contribution in [1.29, 1.82) is 0 Å². The Labute approximate surface area is 245 Å². The fourth-order valence-electron chi connectivity index (χ4n) is 5.06. The molecule has 1 unspecified atom stereocenters. The zero-order chi connectivity index (χ0) is 29.0. The van der Waals surface area contributed by atoms with E-state index in [1.54, 1.807) is 0 Å². The first-order valence-electron chi connectivity index (χ1n) is 18.2. The first-order chi connectivity index (χ1) is 18.5. The van der Waals surface area contributed by atoms with Crippen molar-refractivity contribution in [2.75, 3.05) is 7.05 Å². The van der Waals surface area contributed by atoms with E-state index in [0.29, 0.717) is 0 Å². The zero-order valence-corrected chi connectivity index (χ0v) is 28.7. The van der Waals surface area contributed by atoms with Gasteiger partial charge < -0.3 is 5.32 Å². The van der Waals surface area contributed by atoms with Crippen LogP contribution >= 0.6 is 0 Å². The Morgan fingerprint density at radius 2 is 0.553 bits per heavy atom. The standard InChI is InChI=1S/C15H32.C13H28.C9H21N/c1-3-5-7-9-11-13-15-14-12-10-8-6-4-2;1-3-5-7-9-11-13-12-10-8-6-4-2;1-5-6-7-9(10-4)8(2)3/h3-15H2,1-2H3;3-13H2,1-2H3;8-10H,5-7H2,1-4H3. The van der Waals surface area contributed by atoms with Gasteiger partial charge in [0.25, 0.3) is 0 Å². The van der Waals surface area contributed by atoms with Crippen LogP contribution < -0.4 is 5.32 Å². The van der Waals surface area contributed by atoms with Crippen LogP contribution in [0.1, 0.15) is 222 Å². The minimum atomic E-state index is 0.722. The smallest absolute Gasteiger partial charge is 0.00870 e. The Hall–Kier alpha value is -0.0400. The van der Waals surface area contributed by atoms with Gasteiger partial charge in [-0.15, -0.1) is 0 Å². The van der Waals surface area contributed by atoms with E-state index in [4.69, 9.17) is 0 Å². The highest BCUT2D eigenvalue weighted by molar-refractivity contribution is 4.67. The molecule has 38 heavy (non-hydrogen) atoms. The second-order valence-electron chi connectivity index (χ2n) is 12.4. The van der Waals surface area contributed by atoms with Gasteiger partial charge in [-0.3, -0.25) is 0 Å². The van der Waals surface area contributed by atoms with E-state index in [1.807, 2.05) is 0 Å². The van der Waals surface area contributed by atoms with Gasteiger partial charge in [0.1, 0.15) is 0 Å². The summed E-state index contributed by atoms with van der Waals surface area (Å²) in [7, 11) is 2.06. The van der Waals surface area contributed by atoms with Crippen LogP contribution in [0.3, 0.4) is 0 Å². The molecule has 234 valence electrons. The molecule has 1 heteroatoms. The molecule has 0 aromatic carbocycles. The predicted octanol–water partition coefficient (Wildman–Crippen LogP) is 13.8. The molecule has 0 rings (SSSR count). The first kappa shape index (κ1) is 42.4. The van der Waals surface area contributed by atoms with Gasteiger partial charge in [-0.1, -0.05) is 215 Å². The van der Waals surface area contributed by atoms with E-state index in [2.05, 4.69) is 60.8 Å². The maximum atomic E-state index is 3.34. The third-order valence-corrected chi connectivity index (χ3v) is 7.96. The highest BCUT2D eigenvalue weighted by Gasteiger charge is 2.08. The van der Waals surface area contributed by atoms with Crippen molar-refractivity contribution in [2.24, 2.45) is 5.92 Å². The van der Waals surface area contributed by atoms with Gasteiger partial charge >= 0.3 is 0 Å². The Balaban J connectivity index is -0.000000494. The molecule has 0 amide bonds. The second kappa shape index (κ2) is 41.4. The molecular formula is C37H81N. The molecule has 1 N–H and O–H groups in total. The van der Waals surface area contributed by atoms with Gasteiger partial charge in [0, 0.05) is 6.04 Å². The molecule has 1 nitrogen and oxygen atoms in total. The van der Waals surface area contributed by atoms with Crippen LogP contribution in [0.4, 0.5) is 0 Å². The third kappa shape index (κ3) is 43.0. The average Bonchev–Trinajstić information content (AvgIpc) is 2.92. The highest BCUT2D eigenvalue weighted by atomic mass is 14.9. The summed E-state index contributed by atoms with van der Waals surface area (Å²) in [5.74, 6) is 0.775. The largest absolute Gasteiger partial charge is 0.317 e. The quantitative estimate of drug-likeness (QED) is 0.102. The van der Waals surface area contributed by atoms with Crippen LogP contribution in [0.5, 0.6) is 0 Å². The summed E-state index contributed by atoms with van der Waals surface area (Å²) in [5.41, 5.74) is 0. The number of hydrogen-bond acceptors (Lipinski definition) is 1. The van der Waals surface area contributed by atoms with Gasteiger partial charge in [-0.2, -0.15) is 0 Å². The van der Waals surface area contributed by atoms with E-state index in [0.717, 1.165) is 12.0 Å². The van der Waals surface area contributed by atoms with Crippen molar-refractivity contribution in [3.63, 3.8) is 0 Å². The Morgan fingerprint density at radius 3 is 0.711 bits per heavy atom. The van der Waals surface area contributed by atoms with Gasteiger partial charge in [-0.05, 0) is 19.4 Å². The van der Waals surface area contributed by atoms with Gasteiger partial charge in [0.2, 0.25) is 0 Å². The fourth-order valence-corrected chi connectivity index (χ4v) is 5.06. The SMILES string of the molecule is CCCCC(NC)C(C)C.CCCCCCCCCCCCC.CCCCCCCCCCCCCCC. The molecule has 0 fully saturated rings. The number of unbranched alkanes of at least 4 members (excludes halogenated alkanes) is 23. The van der Waals surface area contributed by atoms with Crippen LogP contribution in [0.2, 0.25) is 0 Å². The molecule has 0 saturated carbocycles. The maximum Gasteiger partial charge on any atom is 0.00870 e. The van der Waals surface area contributed by atoms with Crippen molar-refractivity contribution in [3.05, 3.63) is 0 Å². The van der Waals surface area contributed by atoms with Crippen LogP contribution in [-0.2, 0) is 0 Å². The molecule has 0 spiro atoms. The zero-order valence-electron chi connectivity index (χ0n) is 28.7. The Bertz CT molecular complexity index is 329. The van der Waals surface area contributed by atoms with Crippen molar-refractivity contribution in [1.82, 2.24) is 5.32 Å². The number of hydrogen-bond donors (Lipinski definition) is 1. The summed E-state index contributed by atoms with van der Waals surface area (Å²) in [6, 6.07) is 0.722. The van der Waals surface area contributed by atoms with Crippen molar-refractivity contribution < 1.29 is 0 Å². The molecule has 0 aliphatic rings. The van der Waals surface area contributed by atoms with Crippen LogP contribution in [-0.4, -0.2) is 13.1 Å². The van der Waals surface area contributed by atoms with Crippen molar-refractivity contribution in [2.45, 2.75) is 228 Å². The molecule has 0 aliphatic heterocycles. The second-order valence-corrected chi connectivity index (χ2v) is 12.4. The molecule has 0 heterocycles. The minimum Gasteiger partial charge on any atom is -0.317 e. The lowest BCUT2D eigenvalue weighted by atomic mass is 9.99. The average molecular weight is 540 g/mol. The maximum absolute atomic E-state index is 3.34. The summed E-state index contributed by atoms with van der Waals surface area (Å²) < 4.78 is 0. The van der Waals surface area contributed by atoms with Crippen LogP contribution in [0, 0.1) is 5.92 Å². The topological polar surface area (TPSA) is 12.0 Å². The highest BCUT2D eigenvalue weighted by Crippen LogP contribution is 2.13. The molecule has 0 aromatic rings. The first-order valence-corrected chi connectivity index (χ1v) is 18.2. The van der Waals surface area contributed by atoms with E-state index in [9.17, 15) is 0 Å². The van der Waals surface area contributed by atoms with Crippen LogP contribution in [0.15, 0.2) is 0 Å². The summed E-state index contributed by atoms with van der Waals surface area (Å²) in [5, 5.41) is 3.34.